The number of nitrogens with zero attached hydrogens (tertiary/aromatic N) is 3. The quantitative estimate of drug-likeness (QED) is 0.320. The molecule has 0 N–H and O–H groups in total. The lowest BCUT2D eigenvalue weighted by molar-refractivity contribution is -0.143. The van der Waals surface area contributed by atoms with Crippen molar-refractivity contribution in [2.75, 3.05) is 17.5 Å². The summed E-state index contributed by atoms with van der Waals surface area (Å²) >= 11 is 1.32. The first-order valence-electron chi connectivity index (χ1n) is 12.4. The third-order valence-corrected chi connectivity index (χ3v) is 9.35. The maximum atomic E-state index is 13.3. The van der Waals surface area contributed by atoms with Gasteiger partial charge < -0.3 is 9.30 Å². The molecule has 0 aliphatic carbocycles. The van der Waals surface area contributed by atoms with Crippen LogP contribution in [0, 0.1) is 0 Å². The van der Waals surface area contributed by atoms with E-state index < -0.39 is 21.9 Å². The molecule has 2 heterocycles. The van der Waals surface area contributed by atoms with Gasteiger partial charge in [0.1, 0.15) is 6.54 Å². The van der Waals surface area contributed by atoms with Crippen LogP contribution in [0.3, 0.4) is 0 Å². The number of anilines is 1. The van der Waals surface area contributed by atoms with Gasteiger partial charge in [0.15, 0.2) is 4.80 Å². The summed E-state index contributed by atoms with van der Waals surface area (Å²) in [6.45, 7) is 4.36. The topological polar surface area (TPSA) is 98.0 Å². The molecule has 0 unspecified atom stereocenters. The number of fused-ring (bicyclic) bond motifs is 2. The van der Waals surface area contributed by atoms with Gasteiger partial charge >= 0.3 is 5.97 Å². The third-order valence-electron chi connectivity index (χ3n) is 6.48. The number of aryl methyl sites for hydroxylation is 1. The molecule has 1 amide bonds. The summed E-state index contributed by atoms with van der Waals surface area (Å²) in [6, 6.07) is 19.2. The van der Waals surface area contributed by atoms with Gasteiger partial charge in [-0.3, -0.25) is 13.9 Å². The lowest BCUT2D eigenvalue weighted by atomic mass is 10.2. The molecule has 10 heteroatoms. The summed E-state index contributed by atoms with van der Waals surface area (Å²) in [5.41, 5.74) is 3.86. The molecular weight excluding hydrogens is 522 g/mol. The number of amides is 1. The maximum Gasteiger partial charge on any atom is 0.326 e. The number of carbonyl (C=O) groups is 2. The van der Waals surface area contributed by atoms with Crippen LogP contribution in [0.1, 0.15) is 35.3 Å². The minimum Gasteiger partial charge on any atom is -0.465 e. The highest BCUT2D eigenvalue weighted by molar-refractivity contribution is 7.92. The van der Waals surface area contributed by atoms with E-state index in [0.717, 1.165) is 27.8 Å². The van der Waals surface area contributed by atoms with Crippen LogP contribution in [0.5, 0.6) is 0 Å². The molecule has 0 spiro atoms. The van der Waals surface area contributed by atoms with Gasteiger partial charge in [-0.1, -0.05) is 42.5 Å². The Morgan fingerprint density at radius 1 is 1.03 bits per heavy atom. The molecule has 0 saturated heterocycles. The fraction of sp³-hybridized carbons (Fsp3) is 0.250. The summed E-state index contributed by atoms with van der Waals surface area (Å²) in [4.78, 5) is 30.2. The van der Waals surface area contributed by atoms with Crippen molar-refractivity contribution in [3.05, 3.63) is 88.2 Å². The Kier molecular flexibility index (Phi) is 7.18. The van der Waals surface area contributed by atoms with Gasteiger partial charge in [0.05, 0.1) is 27.4 Å². The van der Waals surface area contributed by atoms with Crippen molar-refractivity contribution in [2.24, 2.45) is 4.99 Å². The molecule has 3 aromatic carbocycles. The Balaban J connectivity index is 1.47. The van der Waals surface area contributed by atoms with Gasteiger partial charge in [-0.25, -0.2) is 8.42 Å². The van der Waals surface area contributed by atoms with E-state index in [2.05, 4.69) is 11.9 Å². The van der Waals surface area contributed by atoms with Gasteiger partial charge in [-0.05, 0) is 73.4 Å². The number of para-hydroxylation sites is 1. The summed E-state index contributed by atoms with van der Waals surface area (Å²) < 4.78 is 35.7. The number of carbonyl (C=O) groups excluding carboxylic acids is 2. The first-order chi connectivity index (χ1) is 18.3. The van der Waals surface area contributed by atoms with Crippen molar-refractivity contribution < 1.29 is 22.7 Å². The van der Waals surface area contributed by atoms with E-state index in [1.807, 2.05) is 36.4 Å². The molecule has 0 bridgehead atoms. The van der Waals surface area contributed by atoms with Crippen molar-refractivity contribution >= 4 is 49.1 Å². The number of hydrogen-bond acceptors (Lipinski definition) is 6. The molecule has 0 atom stereocenters. The van der Waals surface area contributed by atoms with Crippen molar-refractivity contribution in [1.29, 1.82) is 0 Å². The van der Waals surface area contributed by atoms with Crippen LogP contribution in [-0.4, -0.2) is 38.0 Å². The molecule has 1 aromatic heterocycles. The zero-order valence-corrected chi connectivity index (χ0v) is 22.7. The van der Waals surface area contributed by atoms with Crippen LogP contribution < -0.4 is 9.11 Å². The van der Waals surface area contributed by atoms with E-state index in [9.17, 15) is 18.0 Å². The van der Waals surface area contributed by atoms with Crippen LogP contribution in [0.2, 0.25) is 0 Å². The smallest absolute Gasteiger partial charge is 0.326 e. The molecule has 0 saturated carbocycles. The summed E-state index contributed by atoms with van der Waals surface area (Å²) in [6.07, 6.45) is 1.51. The molecule has 1 aliphatic heterocycles. The number of esters is 1. The van der Waals surface area contributed by atoms with Crippen LogP contribution in [0.15, 0.2) is 76.6 Å². The largest absolute Gasteiger partial charge is 0.465 e. The van der Waals surface area contributed by atoms with E-state index in [4.69, 9.17) is 4.74 Å². The van der Waals surface area contributed by atoms with Crippen LogP contribution >= 0.6 is 11.3 Å². The molecule has 5 rings (SSSR count). The van der Waals surface area contributed by atoms with Crippen LogP contribution in [0.4, 0.5) is 5.69 Å². The fourth-order valence-electron chi connectivity index (χ4n) is 4.52. The van der Waals surface area contributed by atoms with Crippen molar-refractivity contribution in [2.45, 2.75) is 38.1 Å². The first kappa shape index (κ1) is 25.9. The number of aromatic nitrogens is 1. The zero-order chi connectivity index (χ0) is 26.9. The number of hydrogen-bond donors (Lipinski definition) is 0. The number of sulfonamides is 1. The average Bonchev–Trinajstić information content (AvgIpc) is 3.50. The molecule has 38 heavy (non-hydrogen) atoms. The number of rotatable bonds is 7. The van der Waals surface area contributed by atoms with Crippen molar-refractivity contribution in [1.82, 2.24) is 4.57 Å². The SMILES string of the molecule is CCOC(=O)Cn1c(=NC(=O)c2ccc(S(=O)(=O)N3CCc4ccccc43)cc2)sc2cc(CC)ccc21. The number of benzene rings is 3. The predicted molar refractivity (Wildman–Crippen MR) is 147 cm³/mol. The highest BCUT2D eigenvalue weighted by Crippen LogP contribution is 2.32. The third kappa shape index (κ3) is 4.89. The first-order valence-corrected chi connectivity index (χ1v) is 14.6. The highest BCUT2D eigenvalue weighted by atomic mass is 32.2. The molecule has 0 fully saturated rings. The second-order valence-corrected chi connectivity index (χ2v) is 11.7. The van der Waals surface area contributed by atoms with E-state index in [0.29, 0.717) is 23.5 Å². The zero-order valence-electron chi connectivity index (χ0n) is 21.1. The van der Waals surface area contributed by atoms with Gasteiger partial charge in [0, 0.05) is 12.1 Å². The summed E-state index contributed by atoms with van der Waals surface area (Å²) in [5.74, 6) is -0.945. The minimum atomic E-state index is -3.77. The number of ether oxygens (including phenoxy) is 1. The van der Waals surface area contributed by atoms with E-state index in [1.54, 1.807) is 17.6 Å². The van der Waals surface area contributed by atoms with Crippen molar-refractivity contribution in [3.63, 3.8) is 0 Å². The fourth-order valence-corrected chi connectivity index (χ4v) is 7.11. The minimum absolute atomic E-state index is 0.0695. The Hall–Kier alpha value is -3.76. The van der Waals surface area contributed by atoms with E-state index >= 15 is 0 Å². The molecule has 4 aromatic rings. The Bertz CT molecular complexity index is 1700. The normalized spacial score (nSPS) is 13.6. The molecule has 196 valence electrons. The van der Waals surface area contributed by atoms with Crippen LogP contribution in [0.25, 0.3) is 10.2 Å². The maximum absolute atomic E-state index is 13.3. The van der Waals surface area contributed by atoms with E-state index in [1.165, 1.54) is 39.9 Å². The standard InChI is InChI=1S/C28H27N3O5S2/c1-3-19-9-14-24-25(17-19)37-28(30(24)18-26(32)36-4-2)29-27(33)21-10-12-22(13-11-21)38(34,35)31-16-15-20-7-5-6-8-23(20)31/h5-14,17H,3-4,15-16,18H2,1-2H3. The lowest BCUT2D eigenvalue weighted by Gasteiger charge is -2.19. The molecular formula is C28H27N3O5S2. The molecule has 0 radical (unpaired) electrons. The second kappa shape index (κ2) is 10.5. The van der Waals surface area contributed by atoms with Gasteiger partial charge in [-0.2, -0.15) is 4.99 Å². The summed E-state index contributed by atoms with van der Waals surface area (Å²) in [5, 5.41) is 0. The Morgan fingerprint density at radius 3 is 2.53 bits per heavy atom. The summed E-state index contributed by atoms with van der Waals surface area (Å²) in [7, 11) is -3.77. The molecule has 1 aliphatic rings. The Labute approximate surface area is 224 Å². The number of thiazole rings is 1. The van der Waals surface area contributed by atoms with Gasteiger partial charge in [0.25, 0.3) is 15.9 Å². The van der Waals surface area contributed by atoms with Crippen molar-refractivity contribution in [3.8, 4) is 0 Å². The highest BCUT2D eigenvalue weighted by Gasteiger charge is 2.30. The predicted octanol–water partition coefficient (Wildman–Crippen LogP) is 4.32. The lowest BCUT2D eigenvalue weighted by Crippen LogP contribution is -2.29. The van der Waals surface area contributed by atoms with E-state index in [-0.39, 0.29) is 23.6 Å². The van der Waals surface area contributed by atoms with Crippen LogP contribution in [-0.2, 0) is 38.9 Å². The van der Waals surface area contributed by atoms with Gasteiger partial charge in [-0.15, -0.1) is 0 Å². The monoisotopic (exact) mass is 549 g/mol. The molecule has 8 nitrogen and oxygen atoms in total. The second-order valence-electron chi connectivity index (χ2n) is 8.83. The van der Waals surface area contributed by atoms with Gasteiger partial charge in [0.2, 0.25) is 0 Å². The Morgan fingerprint density at radius 2 is 1.79 bits per heavy atom. The average molecular weight is 550 g/mol.